The zero-order valence-corrected chi connectivity index (χ0v) is 54.2. The molecule has 0 fully saturated rings. The number of ether oxygens (including phenoxy) is 3. The lowest BCUT2D eigenvalue weighted by Crippen LogP contribution is -2.30. The summed E-state index contributed by atoms with van der Waals surface area (Å²) in [5.74, 6) is -0.820. The normalized spacial score (nSPS) is 11.9. The maximum absolute atomic E-state index is 13.0. The molecule has 0 amide bonds. The third-order valence-electron chi connectivity index (χ3n) is 17.1. The molecule has 1 unspecified atom stereocenters. The summed E-state index contributed by atoms with van der Waals surface area (Å²) in [5.41, 5.74) is 0. The summed E-state index contributed by atoms with van der Waals surface area (Å²) in [5, 5.41) is 0. The summed E-state index contributed by atoms with van der Waals surface area (Å²) in [6.45, 7) is 6.74. The van der Waals surface area contributed by atoms with Crippen LogP contribution in [0.1, 0.15) is 432 Å². The molecule has 0 spiro atoms. The SMILES string of the molecule is CCCCCCCCCCCCCCCCCCCCCCCCCCCCC(=O)OCC(COC(=O)CCCCCCCCCCCCCC)OC(=O)CCCCCCCCCCCCCCCCCCCCCCCCC. The van der Waals surface area contributed by atoms with Crippen LogP contribution in [0.4, 0.5) is 0 Å². The van der Waals surface area contributed by atoms with Crippen molar-refractivity contribution in [2.75, 3.05) is 13.2 Å². The Morgan fingerprint density at radius 3 is 0.506 bits per heavy atom. The minimum Gasteiger partial charge on any atom is -0.462 e. The summed E-state index contributed by atoms with van der Waals surface area (Å²) >= 11 is 0. The lowest BCUT2D eigenvalue weighted by atomic mass is 10.0. The molecule has 0 radical (unpaired) electrons. The van der Waals surface area contributed by atoms with Gasteiger partial charge in [0.2, 0.25) is 0 Å². The van der Waals surface area contributed by atoms with Gasteiger partial charge in [0.15, 0.2) is 6.10 Å². The van der Waals surface area contributed by atoms with Gasteiger partial charge in [0.05, 0.1) is 0 Å². The number of carbonyl (C=O) groups excluding carboxylic acids is 3. The van der Waals surface area contributed by atoms with Crippen molar-refractivity contribution in [3.05, 3.63) is 0 Å². The van der Waals surface area contributed by atoms with Crippen LogP contribution in [0.2, 0.25) is 0 Å². The highest BCUT2D eigenvalue weighted by Gasteiger charge is 2.20. The first-order chi connectivity index (χ1) is 39.0. The van der Waals surface area contributed by atoms with Crippen molar-refractivity contribution in [2.24, 2.45) is 0 Å². The van der Waals surface area contributed by atoms with E-state index in [2.05, 4.69) is 20.8 Å². The molecule has 6 nitrogen and oxygen atoms in total. The second-order valence-electron chi connectivity index (χ2n) is 25.2. The molecule has 0 heterocycles. The first kappa shape index (κ1) is 77.4. The molecule has 470 valence electrons. The minimum absolute atomic E-state index is 0.0602. The Balaban J connectivity index is 4.15. The van der Waals surface area contributed by atoms with Crippen LogP contribution >= 0.6 is 0 Å². The van der Waals surface area contributed by atoms with E-state index in [1.54, 1.807) is 0 Å². The highest BCUT2D eigenvalue weighted by molar-refractivity contribution is 5.71. The number of esters is 3. The van der Waals surface area contributed by atoms with Gasteiger partial charge in [0, 0.05) is 19.3 Å². The Hall–Kier alpha value is -1.59. The highest BCUT2D eigenvalue weighted by atomic mass is 16.6. The highest BCUT2D eigenvalue weighted by Crippen LogP contribution is 2.20. The van der Waals surface area contributed by atoms with Crippen molar-refractivity contribution in [1.29, 1.82) is 0 Å². The Morgan fingerprint density at radius 1 is 0.203 bits per heavy atom. The summed E-state index contributed by atoms with van der Waals surface area (Å²) in [7, 11) is 0. The summed E-state index contributed by atoms with van der Waals surface area (Å²) in [6.07, 6.45) is 81.5. The van der Waals surface area contributed by atoms with Crippen molar-refractivity contribution in [3.63, 3.8) is 0 Å². The van der Waals surface area contributed by atoms with Crippen LogP contribution in [0.25, 0.3) is 0 Å². The summed E-state index contributed by atoms with van der Waals surface area (Å²) < 4.78 is 17.0. The molecule has 0 aliphatic carbocycles. The van der Waals surface area contributed by atoms with E-state index in [4.69, 9.17) is 14.2 Å². The quantitative estimate of drug-likeness (QED) is 0.0343. The van der Waals surface area contributed by atoms with E-state index in [1.807, 2.05) is 0 Å². The van der Waals surface area contributed by atoms with Crippen LogP contribution in [0, 0.1) is 0 Å². The van der Waals surface area contributed by atoms with Crippen LogP contribution in [0.3, 0.4) is 0 Å². The third kappa shape index (κ3) is 67.1. The topological polar surface area (TPSA) is 78.9 Å². The maximum Gasteiger partial charge on any atom is 0.306 e. The molecule has 0 aromatic rings. The summed E-state index contributed by atoms with van der Waals surface area (Å²) in [4.78, 5) is 38.4. The summed E-state index contributed by atoms with van der Waals surface area (Å²) in [6, 6.07) is 0. The van der Waals surface area contributed by atoms with Gasteiger partial charge in [-0.1, -0.05) is 393 Å². The molecular formula is C73H142O6. The van der Waals surface area contributed by atoms with E-state index in [0.29, 0.717) is 19.3 Å². The molecule has 0 aromatic carbocycles. The van der Waals surface area contributed by atoms with Gasteiger partial charge in [0.1, 0.15) is 13.2 Å². The molecule has 0 aliphatic heterocycles. The monoisotopic (exact) mass is 1120 g/mol. The zero-order chi connectivity index (χ0) is 57.1. The Morgan fingerprint density at radius 2 is 0.342 bits per heavy atom. The molecule has 0 aliphatic rings. The predicted molar refractivity (Wildman–Crippen MR) is 344 cm³/mol. The number of carbonyl (C=O) groups is 3. The molecular weight excluding hydrogens is 973 g/mol. The average Bonchev–Trinajstić information content (AvgIpc) is 3.45. The van der Waals surface area contributed by atoms with Crippen LogP contribution in [0.5, 0.6) is 0 Å². The first-order valence-electron chi connectivity index (χ1n) is 36.5. The van der Waals surface area contributed by atoms with E-state index in [0.717, 1.165) is 57.8 Å². The van der Waals surface area contributed by atoms with E-state index in [1.165, 1.54) is 334 Å². The number of unbranched alkanes of at least 4 members (excludes halogenated alkanes) is 58. The average molecular weight is 1120 g/mol. The van der Waals surface area contributed by atoms with Gasteiger partial charge in [-0.3, -0.25) is 14.4 Å². The van der Waals surface area contributed by atoms with E-state index in [-0.39, 0.29) is 31.1 Å². The largest absolute Gasteiger partial charge is 0.462 e. The van der Waals surface area contributed by atoms with E-state index < -0.39 is 6.10 Å². The van der Waals surface area contributed by atoms with Gasteiger partial charge < -0.3 is 14.2 Å². The number of rotatable bonds is 69. The van der Waals surface area contributed by atoms with Crippen molar-refractivity contribution < 1.29 is 28.6 Å². The minimum atomic E-state index is -0.763. The van der Waals surface area contributed by atoms with Gasteiger partial charge in [-0.25, -0.2) is 0 Å². The molecule has 0 bridgehead atoms. The Labute approximate surface area is 495 Å². The Bertz CT molecular complexity index is 1190. The molecule has 0 saturated heterocycles. The first-order valence-corrected chi connectivity index (χ1v) is 36.5. The zero-order valence-electron chi connectivity index (χ0n) is 54.2. The van der Waals surface area contributed by atoms with Gasteiger partial charge in [0.25, 0.3) is 0 Å². The van der Waals surface area contributed by atoms with E-state index in [9.17, 15) is 14.4 Å². The number of hydrogen-bond donors (Lipinski definition) is 0. The van der Waals surface area contributed by atoms with Gasteiger partial charge in [-0.15, -0.1) is 0 Å². The van der Waals surface area contributed by atoms with Crippen LogP contribution in [-0.4, -0.2) is 37.2 Å². The van der Waals surface area contributed by atoms with Gasteiger partial charge in [-0.05, 0) is 19.3 Å². The second kappa shape index (κ2) is 68.9. The smallest absolute Gasteiger partial charge is 0.306 e. The van der Waals surface area contributed by atoms with E-state index >= 15 is 0 Å². The van der Waals surface area contributed by atoms with Crippen molar-refractivity contribution >= 4 is 17.9 Å². The fourth-order valence-electron chi connectivity index (χ4n) is 11.6. The van der Waals surface area contributed by atoms with Gasteiger partial charge >= 0.3 is 17.9 Å². The standard InChI is InChI=1S/C73H142O6/c1-4-7-10-13-16-19-22-25-27-29-31-33-35-36-37-39-40-42-44-46-48-51-54-57-60-63-66-72(75)78-69-70(68-77-71(74)65-62-59-56-53-50-24-21-18-15-12-9-6-3)79-73(76)67-64-61-58-55-52-49-47-45-43-41-38-34-32-30-28-26-23-20-17-14-11-8-5-2/h70H,4-69H2,1-3H3. The molecule has 0 aromatic heterocycles. The molecule has 6 heteroatoms. The van der Waals surface area contributed by atoms with Crippen molar-refractivity contribution in [1.82, 2.24) is 0 Å². The molecule has 0 saturated carbocycles. The molecule has 0 rings (SSSR count). The van der Waals surface area contributed by atoms with Crippen molar-refractivity contribution in [3.8, 4) is 0 Å². The fourth-order valence-corrected chi connectivity index (χ4v) is 11.6. The lowest BCUT2D eigenvalue weighted by Gasteiger charge is -2.18. The molecule has 79 heavy (non-hydrogen) atoms. The second-order valence-corrected chi connectivity index (χ2v) is 25.2. The van der Waals surface area contributed by atoms with Crippen molar-refractivity contribution in [2.45, 2.75) is 438 Å². The maximum atomic E-state index is 13.0. The third-order valence-corrected chi connectivity index (χ3v) is 17.1. The van der Waals surface area contributed by atoms with Crippen LogP contribution in [0.15, 0.2) is 0 Å². The van der Waals surface area contributed by atoms with Gasteiger partial charge in [-0.2, -0.15) is 0 Å². The molecule has 1 atom stereocenters. The molecule has 0 N–H and O–H groups in total. The predicted octanol–water partition coefficient (Wildman–Crippen LogP) is 25.0. The fraction of sp³-hybridized carbons (Fsp3) is 0.959. The van der Waals surface area contributed by atoms with Crippen LogP contribution in [-0.2, 0) is 28.6 Å². The number of hydrogen-bond acceptors (Lipinski definition) is 6. The Kier molecular flexibility index (Phi) is 67.5. The van der Waals surface area contributed by atoms with Crippen LogP contribution < -0.4 is 0 Å². The lowest BCUT2D eigenvalue weighted by molar-refractivity contribution is -0.167.